The first-order valence-electron chi connectivity index (χ1n) is 5.87. The molecule has 0 aromatic heterocycles. The van der Waals surface area contributed by atoms with Crippen LogP contribution in [0, 0.1) is 0 Å². The van der Waals surface area contributed by atoms with Crippen molar-refractivity contribution < 1.29 is 9.53 Å². The minimum atomic E-state index is -0.304. The fourth-order valence-corrected chi connectivity index (χ4v) is 2.85. The van der Waals surface area contributed by atoms with E-state index in [1.165, 1.54) is 0 Å². The second-order valence-electron chi connectivity index (χ2n) is 5.12. The van der Waals surface area contributed by atoms with Crippen LogP contribution in [0.25, 0.3) is 0 Å². The van der Waals surface area contributed by atoms with Gasteiger partial charge in [-0.1, -0.05) is 15.9 Å². The average molecular weight is 424 g/mol. The zero-order valence-electron chi connectivity index (χ0n) is 11.4. The lowest BCUT2D eigenvalue weighted by molar-refractivity contribution is -0.121. The molecule has 0 unspecified atom stereocenters. The summed E-state index contributed by atoms with van der Waals surface area (Å²) in [5.41, 5.74) is -0.194. The van der Waals surface area contributed by atoms with Crippen LogP contribution in [0.2, 0.25) is 0 Å². The molecule has 0 spiro atoms. The zero-order valence-corrected chi connectivity index (χ0v) is 15.4. The maximum atomic E-state index is 11.7. The van der Waals surface area contributed by atoms with Gasteiger partial charge in [-0.3, -0.25) is 4.79 Å². The first-order valence-corrected chi connectivity index (χ1v) is 7.86. The summed E-state index contributed by atoms with van der Waals surface area (Å²) in [4.78, 5) is 11.7. The van der Waals surface area contributed by atoms with Crippen LogP contribution in [0.15, 0.2) is 27.1 Å². The Labute approximate surface area is 140 Å². The highest BCUT2D eigenvalue weighted by molar-refractivity contribution is 9.11. The van der Waals surface area contributed by atoms with Crippen molar-refractivity contribution >= 4 is 55.1 Å². The molecule has 4 nitrogen and oxygen atoms in total. The monoisotopic (exact) mass is 422 g/mol. The van der Waals surface area contributed by atoms with Crippen molar-refractivity contribution in [1.29, 1.82) is 0 Å². The minimum absolute atomic E-state index is 0.105. The summed E-state index contributed by atoms with van der Waals surface area (Å²) in [6, 6.07) is 5.45. The van der Waals surface area contributed by atoms with E-state index in [0.29, 0.717) is 10.9 Å². The van der Waals surface area contributed by atoms with Gasteiger partial charge in [-0.2, -0.15) is 0 Å². The molecule has 7 heteroatoms. The molecular weight excluding hydrogens is 408 g/mol. The van der Waals surface area contributed by atoms with Crippen LogP contribution in [-0.4, -0.2) is 23.2 Å². The molecule has 0 heterocycles. The summed E-state index contributed by atoms with van der Waals surface area (Å²) in [7, 11) is 0. The van der Waals surface area contributed by atoms with Crippen molar-refractivity contribution in [1.82, 2.24) is 10.6 Å². The number of halogens is 2. The third-order valence-corrected chi connectivity index (χ3v) is 3.31. The molecule has 1 rings (SSSR count). The molecule has 0 fully saturated rings. The SMILES string of the molecule is CC(C)(C)NC(=S)NC(=O)COc1ccc(Br)cc1Br. The number of hydrogen-bond donors (Lipinski definition) is 2. The van der Waals surface area contributed by atoms with E-state index in [0.717, 1.165) is 8.95 Å². The van der Waals surface area contributed by atoms with Crippen LogP contribution in [0.3, 0.4) is 0 Å². The molecular formula is C13H16Br2N2O2S. The Morgan fingerprint density at radius 1 is 1.35 bits per heavy atom. The first kappa shape index (κ1) is 17.4. The maximum absolute atomic E-state index is 11.7. The van der Waals surface area contributed by atoms with E-state index in [4.69, 9.17) is 17.0 Å². The number of hydrogen-bond acceptors (Lipinski definition) is 3. The van der Waals surface area contributed by atoms with Gasteiger partial charge in [0.1, 0.15) is 5.75 Å². The van der Waals surface area contributed by atoms with Crippen LogP contribution in [0.5, 0.6) is 5.75 Å². The molecule has 0 atom stereocenters. The normalized spacial score (nSPS) is 10.8. The van der Waals surface area contributed by atoms with E-state index in [-0.39, 0.29) is 18.1 Å². The summed E-state index contributed by atoms with van der Waals surface area (Å²) in [5, 5.41) is 5.86. The van der Waals surface area contributed by atoms with Gasteiger partial charge in [-0.05, 0) is 67.1 Å². The Kier molecular flexibility index (Phi) is 6.42. The predicted molar refractivity (Wildman–Crippen MR) is 91.0 cm³/mol. The van der Waals surface area contributed by atoms with E-state index in [9.17, 15) is 4.79 Å². The van der Waals surface area contributed by atoms with Gasteiger partial charge in [-0.25, -0.2) is 0 Å². The summed E-state index contributed by atoms with van der Waals surface area (Å²) < 4.78 is 7.12. The molecule has 110 valence electrons. The van der Waals surface area contributed by atoms with Crippen LogP contribution in [0.4, 0.5) is 0 Å². The van der Waals surface area contributed by atoms with Gasteiger partial charge < -0.3 is 15.4 Å². The smallest absolute Gasteiger partial charge is 0.264 e. The third-order valence-electron chi connectivity index (χ3n) is 1.99. The lowest BCUT2D eigenvalue weighted by atomic mass is 10.1. The number of ether oxygens (including phenoxy) is 1. The van der Waals surface area contributed by atoms with Gasteiger partial charge in [0.15, 0.2) is 11.7 Å². The van der Waals surface area contributed by atoms with Gasteiger partial charge in [0, 0.05) is 10.0 Å². The average Bonchev–Trinajstić information content (AvgIpc) is 2.24. The number of rotatable bonds is 3. The summed E-state index contributed by atoms with van der Waals surface area (Å²) in [5.74, 6) is 0.291. The zero-order chi connectivity index (χ0) is 15.3. The standard InChI is InChI=1S/C13H16Br2N2O2S/c1-13(2,3)17-12(20)16-11(18)7-19-10-5-4-8(14)6-9(10)15/h4-6H,7H2,1-3H3,(H2,16,17,18,20). The van der Waals surface area contributed by atoms with Gasteiger partial charge >= 0.3 is 0 Å². The van der Waals surface area contributed by atoms with E-state index < -0.39 is 0 Å². The summed E-state index contributed by atoms with van der Waals surface area (Å²) >= 11 is 11.7. The number of carbonyl (C=O) groups is 1. The summed E-state index contributed by atoms with van der Waals surface area (Å²) in [6.45, 7) is 5.77. The quantitative estimate of drug-likeness (QED) is 0.731. The highest BCUT2D eigenvalue weighted by Crippen LogP contribution is 2.27. The van der Waals surface area contributed by atoms with Gasteiger partial charge in [0.25, 0.3) is 5.91 Å². The topological polar surface area (TPSA) is 50.4 Å². The summed E-state index contributed by atoms with van der Waals surface area (Å²) in [6.07, 6.45) is 0. The van der Waals surface area contributed by atoms with Gasteiger partial charge in [0.2, 0.25) is 0 Å². The molecule has 0 aliphatic rings. The number of benzene rings is 1. The second kappa shape index (κ2) is 7.38. The Balaban J connectivity index is 2.46. The van der Waals surface area contributed by atoms with Crippen molar-refractivity contribution in [2.75, 3.05) is 6.61 Å². The second-order valence-corrected chi connectivity index (χ2v) is 7.29. The third kappa shape index (κ3) is 6.67. The van der Waals surface area contributed by atoms with Crippen molar-refractivity contribution in [3.63, 3.8) is 0 Å². The number of thiocarbonyl (C=S) groups is 1. The van der Waals surface area contributed by atoms with E-state index >= 15 is 0 Å². The molecule has 1 aromatic rings. The molecule has 0 saturated carbocycles. The van der Waals surface area contributed by atoms with E-state index in [2.05, 4.69) is 42.5 Å². The molecule has 0 aliphatic carbocycles. The van der Waals surface area contributed by atoms with E-state index in [1.807, 2.05) is 32.9 Å². The van der Waals surface area contributed by atoms with Crippen LogP contribution in [-0.2, 0) is 4.79 Å². The number of carbonyl (C=O) groups excluding carboxylic acids is 1. The Bertz CT molecular complexity index is 516. The van der Waals surface area contributed by atoms with Crippen molar-refractivity contribution in [3.05, 3.63) is 27.1 Å². The first-order chi connectivity index (χ1) is 9.17. The molecule has 0 radical (unpaired) electrons. The fourth-order valence-electron chi connectivity index (χ4n) is 1.27. The highest BCUT2D eigenvalue weighted by Gasteiger charge is 2.13. The largest absolute Gasteiger partial charge is 0.483 e. The predicted octanol–water partition coefficient (Wildman–Crippen LogP) is 3.38. The van der Waals surface area contributed by atoms with E-state index in [1.54, 1.807) is 6.07 Å². The fraction of sp³-hybridized carbons (Fsp3) is 0.385. The number of nitrogens with one attached hydrogen (secondary N) is 2. The van der Waals surface area contributed by atoms with Crippen molar-refractivity contribution in [3.8, 4) is 5.75 Å². The Hall–Kier alpha value is -0.660. The highest BCUT2D eigenvalue weighted by atomic mass is 79.9. The molecule has 0 saturated heterocycles. The minimum Gasteiger partial charge on any atom is -0.483 e. The van der Waals surface area contributed by atoms with Crippen molar-refractivity contribution in [2.24, 2.45) is 0 Å². The molecule has 20 heavy (non-hydrogen) atoms. The molecule has 0 bridgehead atoms. The lowest BCUT2D eigenvalue weighted by Gasteiger charge is -2.22. The molecule has 2 N–H and O–H groups in total. The van der Waals surface area contributed by atoms with Crippen molar-refractivity contribution in [2.45, 2.75) is 26.3 Å². The molecule has 1 amide bonds. The Morgan fingerprint density at radius 2 is 2.00 bits per heavy atom. The van der Waals surface area contributed by atoms with Gasteiger partial charge in [0.05, 0.1) is 4.47 Å². The molecule has 0 aliphatic heterocycles. The lowest BCUT2D eigenvalue weighted by Crippen LogP contribution is -2.49. The van der Waals surface area contributed by atoms with Crippen LogP contribution in [0.1, 0.15) is 20.8 Å². The van der Waals surface area contributed by atoms with Crippen LogP contribution < -0.4 is 15.4 Å². The Morgan fingerprint density at radius 3 is 2.55 bits per heavy atom. The maximum Gasteiger partial charge on any atom is 0.264 e. The van der Waals surface area contributed by atoms with Crippen LogP contribution >= 0.6 is 44.1 Å². The van der Waals surface area contributed by atoms with Gasteiger partial charge in [-0.15, -0.1) is 0 Å². The molecule has 1 aromatic carbocycles. The number of amides is 1.